The first-order chi connectivity index (χ1) is 21.5. The van der Waals surface area contributed by atoms with Gasteiger partial charge in [0.05, 0.1) is 13.6 Å². The third-order valence-corrected chi connectivity index (χ3v) is 8.23. The average Bonchev–Trinajstić information content (AvgIpc) is 3.04. The molecule has 0 aliphatic rings. The summed E-state index contributed by atoms with van der Waals surface area (Å²) in [6, 6.07) is 19.5. The normalized spacial score (nSPS) is 11.8. The second kappa shape index (κ2) is 24.2. The van der Waals surface area contributed by atoms with Crippen molar-refractivity contribution in [1.29, 1.82) is 0 Å². The molecule has 44 heavy (non-hydrogen) atoms. The molecule has 0 heterocycles. The lowest BCUT2D eigenvalue weighted by atomic mass is 10.0. The Morgan fingerprint density at radius 1 is 0.545 bits per heavy atom. The highest BCUT2D eigenvalue weighted by atomic mass is 16.5. The molecule has 0 atom stereocenters. The Hall–Kier alpha value is -3.18. The van der Waals surface area contributed by atoms with Crippen LogP contribution < -0.4 is 0 Å². The van der Waals surface area contributed by atoms with Crippen LogP contribution in [-0.2, 0) is 19.1 Å². The number of rotatable bonds is 25. The maximum Gasteiger partial charge on any atom is 0.330 e. The second-order valence-corrected chi connectivity index (χ2v) is 12.2. The molecular weight excluding hydrogens is 546 g/mol. The van der Waals surface area contributed by atoms with Crippen molar-refractivity contribution in [1.82, 2.24) is 0 Å². The van der Waals surface area contributed by atoms with Crippen LogP contribution in [0.15, 0.2) is 72.8 Å². The van der Waals surface area contributed by atoms with Crippen LogP contribution in [0.5, 0.6) is 0 Å². The molecule has 0 aromatic heterocycles. The van der Waals surface area contributed by atoms with Crippen molar-refractivity contribution in [2.75, 3.05) is 39.9 Å². The molecule has 0 aliphatic carbocycles. The van der Waals surface area contributed by atoms with Gasteiger partial charge in [-0.15, -0.1) is 0 Å². The predicted molar refractivity (Wildman–Crippen MR) is 184 cm³/mol. The van der Waals surface area contributed by atoms with Gasteiger partial charge in [0.15, 0.2) is 0 Å². The van der Waals surface area contributed by atoms with E-state index in [9.17, 15) is 9.59 Å². The van der Waals surface area contributed by atoms with Gasteiger partial charge in [-0.2, -0.15) is 0 Å². The first kappa shape index (κ1) is 37.0. The van der Waals surface area contributed by atoms with Crippen molar-refractivity contribution in [2.45, 2.75) is 96.8 Å². The SMILES string of the molecule is CCCCCCCCCCCCCCCC[N+](C)(CCOC(=O)/C=C/c1ccccc1)CCOC(=O)/C=C/c1ccccc1. The van der Waals surface area contributed by atoms with E-state index >= 15 is 0 Å². The summed E-state index contributed by atoms with van der Waals surface area (Å²) >= 11 is 0. The standard InChI is InChI=1S/C39H58NO4/c1-3-4-5-6-7-8-9-10-11-12-13-14-15-22-31-40(2,32-34-43-38(41)29-27-36-23-18-16-19-24-36)33-35-44-39(42)30-28-37-25-20-17-21-26-37/h16-21,23-30H,3-15,22,31-35H2,1-2H3/q+1/b29-27+,30-28+. The predicted octanol–water partition coefficient (Wildman–Crippen LogP) is 9.43. The van der Waals surface area contributed by atoms with Crippen molar-refractivity contribution in [2.24, 2.45) is 0 Å². The Morgan fingerprint density at radius 3 is 1.30 bits per heavy atom. The molecule has 0 aliphatic heterocycles. The van der Waals surface area contributed by atoms with Crippen molar-refractivity contribution >= 4 is 24.1 Å². The van der Waals surface area contributed by atoms with Gasteiger partial charge in [-0.25, -0.2) is 9.59 Å². The summed E-state index contributed by atoms with van der Waals surface area (Å²) in [6.45, 7) is 5.26. The van der Waals surface area contributed by atoms with Gasteiger partial charge in [0, 0.05) is 12.2 Å². The number of hydrogen-bond acceptors (Lipinski definition) is 4. The number of quaternary nitrogens is 1. The van der Waals surface area contributed by atoms with Gasteiger partial charge in [0.1, 0.15) is 26.3 Å². The number of hydrogen-bond donors (Lipinski definition) is 0. The molecule has 2 aromatic carbocycles. The Labute approximate surface area is 267 Å². The summed E-state index contributed by atoms with van der Waals surface area (Å²) < 4.78 is 11.8. The van der Waals surface area contributed by atoms with Gasteiger partial charge in [-0.3, -0.25) is 0 Å². The Balaban J connectivity index is 1.70. The van der Waals surface area contributed by atoms with Gasteiger partial charge in [-0.1, -0.05) is 145 Å². The molecule has 0 amide bonds. The van der Waals surface area contributed by atoms with Crippen LogP contribution in [0.2, 0.25) is 0 Å². The second-order valence-electron chi connectivity index (χ2n) is 12.2. The lowest BCUT2D eigenvalue weighted by Crippen LogP contribution is -2.49. The molecule has 0 bridgehead atoms. The first-order valence-corrected chi connectivity index (χ1v) is 17.1. The molecule has 0 saturated heterocycles. The zero-order valence-corrected chi connectivity index (χ0v) is 27.6. The number of esters is 2. The van der Waals surface area contributed by atoms with E-state index in [2.05, 4.69) is 14.0 Å². The van der Waals surface area contributed by atoms with Gasteiger partial charge >= 0.3 is 11.9 Å². The third kappa shape index (κ3) is 19.2. The van der Waals surface area contributed by atoms with Crippen LogP contribution in [0.1, 0.15) is 108 Å². The highest BCUT2D eigenvalue weighted by molar-refractivity contribution is 5.87. The smallest absolute Gasteiger partial charge is 0.330 e. The summed E-state index contributed by atoms with van der Waals surface area (Å²) in [5.74, 6) is -0.677. The number of carbonyl (C=O) groups excluding carboxylic acids is 2. The molecule has 242 valence electrons. The minimum absolute atomic E-state index is 0.328. The number of benzene rings is 2. The zero-order chi connectivity index (χ0) is 31.6. The highest BCUT2D eigenvalue weighted by Crippen LogP contribution is 2.14. The lowest BCUT2D eigenvalue weighted by Gasteiger charge is -2.34. The van der Waals surface area contributed by atoms with Gasteiger partial charge < -0.3 is 14.0 Å². The average molecular weight is 605 g/mol. The monoisotopic (exact) mass is 604 g/mol. The minimum atomic E-state index is -0.339. The summed E-state index contributed by atoms with van der Waals surface area (Å²) in [6.07, 6.45) is 25.2. The van der Waals surface area contributed by atoms with E-state index in [4.69, 9.17) is 9.47 Å². The fourth-order valence-electron chi connectivity index (χ4n) is 5.31. The largest absolute Gasteiger partial charge is 0.457 e. The molecule has 0 saturated carbocycles. The van der Waals surface area contributed by atoms with E-state index in [1.165, 1.54) is 95.6 Å². The number of nitrogens with zero attached hydrogens (tertiary/aromatic N) is 1. The molecule has 2 aromatic rings. The Kier molecular flexibility index (Phi) is 20.3. The van der Waals surface area contributed by atoms with Crippen LogP contribution in [0.4, 0.5) is 0 Å². The Morgan fingerprint density at radius 2 is 0.909 bits per heavy atom. The number of carbonyl (C=O) groups is 2. The van der Waals surface area contributed by atoms with E-state index in [-0.39, 0.29) is 11.9 Å². The molecule has 5 heteroatoms. The van der Waals surface area contributed by atoms with Crippen LogP contribution in [0, 0.1) is 0 Å². The molecule has 0 fully saturated rings. The minimum Gasteiger partial charge on any atom is -0.457 e. The number of ether oxygens (including phenoxy) is 2. The molecule has 2 rings (SSSR count). The molecule has 0 unspecified atom stereocenters. The maximum atomic E-state index is 12.3. The topological polar surface area (TPSA) is 52.6 Å². The van der Waals surface area contributed by atoms with Crippen LogP contribution in [-0.4, -0.2) is 56.3 Å². The number of likely N-dealkylation sites (N-methyl/N-ethyl adjacent to an activating group) is 1. The third-order valence-electron chi connectivity index (χ3n) is 8.23. The van der Waals surface area contributed by atoms with Gasteiger partial charge in [-0.05, 0) is 36.1 Å². The van der Waals surface area contributed by atoms with Gasteiger partial charge in [0.25, 0.3) is 0 Å². The van der Waals surface area contributed by atoms with E-state index in [0.717, 1.165) is 24.1 Å². The summed E-state index contributed by atoms with van der Waals surface area (Å²) in [7, 11) is 2.17. The fourth-order valence-corrected chi connectivity index (χ4v) is 5.31. The summed E-state index contributed by atoms with van der Waals surface area (Å²) in [4.78, 5) is 24.6. The maximum absolute atomic E-state index is 12.3. The van der Waals surface area contributed by atoms with Crippen LogP contribution in [0.3, 0.4) is 0 Å². The van der Waals surface area contributed by atoms with E-state index in [1.807, 2.05) is 60.7 Å². The fraction of sp³-hybridized carbons (Fsp3) is 0.538. The van der Waals surface area contributed by atoms with E-state index < -0.39 is 0 Å². The Bertz CT molecular complexity index is 997. The molecule has 0 radical (unpaired) electrons. The van der Waals surface area contributed by atoms with Gasteiger partial charge in [0.2, 0.25) is 0 Å². The summed E-state index contributed by atoms with van der Waals surface area (Å²) in [5.41, 5.74) is 1.93. The quantitative estimate of drug-likeness (QED) is 0.0490. The molecule has 0 N–H and O–H groups in total. The summed E-state index contributed by atoms with van der Waals surface area (Å²) in [5, 5.41) is 0. The van der Waals surface area contributed by atoms with E-state index in [0.29, 0.717) is 30.8 Å². The van der Waals surface area contributed by atoms with Crippen molar-refractivity contribution in [3.05, 3.63) is 83.9 Å². The lowest BCUT2D eigenvalue weighted by molar-refractivity contribution is -0.910. The highest BCUT2D eigenvalue weighted by Gasteiger charge is 2.22. The van der Waals surface area contributed by atoms with Crippen LogP contribution in [0.25, 0.3) is 12.2 Å². The number of unbranched alkanes of at least 4 members (excludes halogenated alkanes) is 13. The van der Waals surface area contributed by atoms with Crippen molar-refractivity contribution in [3.63, 3.8) is 0 Å². The molecule has 0 spiro atoms. The molecular formula is C39H58NO4+. The van der Waals surface area contributed by atoms with Crippen molar-refractivity contribution in [3.8, 4) is 0 Å². The van der Waals surface area contributed by atoms with E-state index in [1.54, 1.807) is 12.2 Å². The molecule has 5 nitrogen and oxygen atoms in total. The van der Waals surface area contributed by atoms with Crippen LogP contribution >= 0.6 is 0 Å². The first-order valence-electron chi connectivity index (χ1n) is 17.1. The zero-order valence-electron chi connectivity index (χ0n) is 27.6. The van der Waals surface area contributed by atoms with Crippen molar-refractivity contribution < 1.29 is 23.5 Å².